The van der Waals surface area contributed by atoms with Gasteiger partial charge in [0.05, 0.1) is 0 Å². The van der Waals surface area contributed by atoms with Gasteiger partial charge in [-0.15, -0.1) is 0 Å². The Morgan fingerprint density at radius 2 is 1.62 bits per heavy atom. The van der Waals surface area contributed by atoms with Crippen LogP contribution in [0.15, 0.2) is 72.9 Å². The van der Waals surface area contributed by atoms with E-state index in [1.807, 2.05) is 62.4 Å². The molecule has 4 N–H and O–H groups in total. The van der Waals surface area contributed by atoms with Gasteiger partial charge in [-0.2, -0.15) is 0 Å². The highest BCUT2D eigenvalue weighted by molar-refractivity contribution is 7.42. The fourth-order valence-corrected chi connectivity index (χ4v) is 5.80. The number of fused-ring (bicyclic) bond motifs is 2. The summed E-state index contributed by atoms with van der Waals surface area (Å²) in [6, 6.07) is 20.0. The zero-order chi connectivity index (χ0) is 26.4. The second-order valence-corrected chi connectivity index (χ2v) is 11.2. The van der Waals surface area contributed by atoms with Crippen LogP contribution in [-0.2, 0) is 27.0 Å². The molecule has 0 bridgehead atoms. The van der Waals surface area contributed by atoms with Crippen LogP contribution in [0.3, 0.4) is 0 Å². The molecule has 0 saturated carbocycles. The van der Waals surface area contributed by atoms with Gasteiger partial charge in [-0.3, -0.25) is 4.79 Å². The van der Waals surface area contributed by atoms with E-state index in [2.05, 4.69) is 33.6 Å². The summed E-state index contributed by atoms with van der Waals surface area (Å²) in [6.45, 7) is 3.96. The number of aromatic amines is 1. The quantitative estimate of drug-likeness (QED) is 0.187. The Morgan fingerprint density at radius 1 is 0.919 bits per heavy atom. The van der Waals surface area contributed by atoms with Crippen molar-refractivity contribution < 1.29 is 19.3 Å². The van der Waals surface area contributed by atoms with Gasteiger partial charge in [0.2, 0.25) is 5.91 Å². The minimum absolute atomic E-state index is 0.146. The molecule has 3 unspecified atom stereocenters. The SMILES string of the molecule is CC(C)CC(N[P+](=O)CCc1cccc2ccccc12)C(=O)NC(Cc1c[nH]c2ccccc12)C(=O)O. The molecule has 4 rings (SSSR count). The van der Waals surface area contributed by atoms with Gasteiger partial charge >= 0.3 is 13.9 Å². The molecular formula is C29H33N3O4P+. The molecule has 0 aliphatic rings. The minimum Gasteiger partial charge on any atom is -0.480 e. The van der Waals surface area contributed by atoms with E-state index in [1.54, 1.807) is 6.20 Å². The normalized spacial score (nSPS) is 13.5. The Kier molecular flexibility index (Phi) is 8.70. The fourth-order valence-electron chi connectivity index (χ4n) is 4.65. The molecule has 1 heterocycles. The van der Waals surface area contributed by atoms with E-state index in [-0.39, 0.29) is 12.3 Å². The lowest BCUT2D eigenvalue weighted by Crippen LogP contribution is -2.50. The van der Waals surface area contributed by atoms with Crippen LogP contribution in [0.1, 0.15) is 31.4 Å². The zero-order valence-electron chi connectivity index (χ0n) is 21.1. The minimum atomic E-state index is -1.88. The van der Waals surface area contributed by atoms with E-state index in [1.165, 1.54) is 0 Å². The molecule has 1 aromatic heterocycles. The lowest BCUT2D eigenvalue weighted by atomic mass is 10.0. The summed E-state index contributed by atoms with van der Waals surface area (Å²) in [7, 11) is -1.88. The van der Waals surface area contributed by atoms with Gasteiger partial charge in [-0.25, -0.2) is 4.79 Å². The molecule has 0 spiro atoms. The average Bonchev–Trinajstić information content (AvgIpc) is 3.29. The number of carboxylic acid groups (broad SMARTS) is 1. The highest BCUT2D eigenvalue weighted by atomic mass is 31.1. The molecule has 4 aromatic rings. The monoisotopic (exact) mass is 518 g/mol. The molecule has 192 valence electrons. The maximum absolute atomic E-state index is 13.2. The van der Waals surface area contributed by atoms with Crippen molar-refractivity contribution in [3.8, 4) is 0 Å². The largest absolute Gasteiger partial charge is 0.480 e. The average molecular weight is 519 g/mol. The van der Waals surface area contributed by atoms with E-state index < -0.39 is 31.9 Å². The molecule has 0 radical (unpaired) electrons. The number of carbonyl (C=O) groups is 2. The van der Waals surface area contributed by atoms with Crippen LogP contribution in [0.4, 0.5) is 0 Å². The smallest absolute Gasteiger partial charge is 0.433 e. The summed E-state index contributed by atoms with van der Waals surface area (Å²) in [5.41, 5.74) is 2.84. The van der Waals surface area contributed by atoms with E-state index in [0.29, 0.717) is 19.0 Å². The molecule has 0 aliphatic heterocycles. The molecule has 3 aromatic carbocycles. The molecule has 0 fully saturated rings. The Balaban J connectivity index is 1.41. The highest BCUT2D eigenvalue weighted by Crippen LogP contribution is 2.25. The van der Waals surface area contributed by atoms with Crippen molar-refractivity contribution in [2.24, 2.45) is 5.92 Å². The van der Waals surface area contributed by atoms with Crippen LogP contribution in [0, 0.1) is 5.92 Å². The molecule has 0 saturated heterocycles. The number of rotatable bonds is 12. The summed E-state index contributed by atoms with van der Waals surface area (Å²) >= 11 is 0. The van der Waals surface area contributed by atoms with Crippen molar-refractivity contribution in [2.75, 3.05) is 6.16 Å². The standard InChI is InChI=1S/C29H32N3O4P/c1-19(2)16-26(32-37(36)15-14-21-10-7-9-20-8-3-4-11-23(20)21)28(33)31-27(29(34)35)17-22-18-30-25-13-6-5-12-24(22)25/h3-13,18-19,26-27,30H,14-17H2,1-2H3,(H2-,31,32,33,34,35,36)/p+1. The number of carbonyl (C=O) groups excluding carboxylic acids is 1. The number of carboxylic acids is 1. The lowest BCUT2D eigenvalue weighted by Gasteiger charge is -2.19. The topological polar surface area (TPSA) is 111 Å². The third-order valence-corrected chi connectivity index (χ3v) is 7.73. The van der Waals surface area contributed by atoms with Crippen LogP contribution in [0.25, 0.3) is 21.7 Å². The Hall–Kier alpha value is -3.54. The molecule has 7 nitrogen and oxygen atoms in total. The lowest BCUT2D eigenvalue weighted by molar-refractivity contribution is -0.142. The predicted octanol–water partition coefficient (Wildman–Crippen LogP) is 5.42. The molecule has 0 aliphatic carbocycles. The van der Waals surface area contributed by atoms with E-state index in [4.69, 9.17) is 0 Å². The summed E-state index contributed by atoms with van der Waals surface area (Å²) < 4.78 is 13.0. The third-order valence-electron chi connectivity index (χ3n) is 6.50. The number of benzene rings is 3. The van der Waals surface area contributed by atoms with Gasteiger partial charge < -0.3 is 15.4 Å². The van der Waals surface area contributed by atoms with Gasteiger partial charge in [-0.1, -0.05) is 84.2 Å². The number of H-pyrrole nitrogens is 1. The fraction of sp³-hybridized carbons (Fsp3) is 0.310. The Bertz CT molecular complexity index is 1410. The van der Waals surface area contributed by atoms with E-state index in [0.717, 1.165) is 32.8 Å². The molecule has 1 amide bonds. The van der Waals surface area contributed by atoms with E-state index >= 15 is 0 Å². The van der Waals surface area contributed by atoms with Crippen LogP contribution < -0.4 is 10.4 Å². The van der Waals surface area contributed by atoms with Crippen molar-refractivity contribution >= 4 is 41.5 Å². The van der Waals surface area contributed by atoms with Crippen molar-refractivity contribution in [3.63, 3.8) is 0 Å². The number of aliphatic carboxylic acids is 1. The van der Waals surface area contributed by atoms with Crippen molar-refractivity contribution in [2.45, 2.75) is 45.2 Å². The summed E-state index contributed by atoms with van der Waals surface area (Å²) in [4.78, 5) is 28.4. The van der Waals surface area contributed by atoms with Crippen LogP contribution >= 0.6 is 7.95 Å². The number of aryl methyl sites for hydroxylation is 1. The van der Waals surface area contributed by atoms with Gasteiger partial charge in [0.25, 0.3) is 0 Å². The molecule has 8 heteroatoms. The van der Waals surface area contributed by atoms with Gasteiger partial charge in [-0.05, 0) is 40.3 Å². The van der Waals surface area contributed by atoms with Crippen LogP contribution in [0.2, 0.25) is 0 Å². The highest BCUT2D eigenvalue weighted by Gasteiger charge is 2.32. The number of para-hydroxylation sites is 1. The molecule has 3 atom stereocenters. The summed E-state index contributed by atoms with van der Waals surface area (Å²) in [5.74, 6) is -1.40. The van der Waals surface area contributed by atoms with Crippen LogP contribution in [0.5, 0.6) is 0 Å². The molecular weight excluding hydrogens is 485 g/mol. The maximum atomic E-state index is 13.2. The number of amides is 1. The number of hydrogen-bond donors (Lipinski definition) is 4. The first-order valence-electron chi connectivity index (χ1n) is 12.6. The van der Waals surface area contributed by atoms with Gasteiger partial charge in [0.15, 0.2) is 6.16 Å². The first-order chi connectivity index (χ1) is 17.8. The second kappa shape index (κ2) is 12.1. The zero-order valence-corrected chi connectivity index (χ0v) is 22.0. The van der Waals surface area contributed by atoms with Gasteiger partial charge in [0, 0.05) is 29.9 Å². The van der Waals surface area contributed by atoms with E-state index in [9.17, 15) is 19.3 Å². The molecule has 37 heavy (non-hydrogen) atoms. The van der Waals surface area contributed by atoms with Crippen molar-refractivity contribution in [3.05, 3.63) is 84.1 Å². The Morgan fingerprint density at radius 3 is 2.38 bits per heavy atom. The van der Waals surface area contributed by atoms with Crippen LogP contribution in [-0.4, -0.2) is 40.2 Å². The maximum Gasteiger partial charge on any atom is 0.433 e. The number of nitrogens with one attached hydrogen (secondary N) is 3. The first kappa shape index (κ1) is 26.5. The predicted molar refractivity (Wildman–Crippen MR) is 148 cm³/mol. The number of hydrogen-bond acceptors (Lipinski definition) is 3. The summed E-state index contributed by atoms with van der Waals surface area (Å²) in [5, 5.41) is 18.7. The third kappa shape index (κ3) is 6.82. The van der Waals surface area contributed by atoms with Crippen molar-refractivity contribution in [1.82, 2.24) is 15.4 Å². The second-order valence-electron chi connectivity index (χ2n) is 9.76. The van der Waals surface area contributed by atoms with Gasteiger partial charge in [0.1, 0.15) is 12.1 Å². The van der Waals surface area contributed by atoms with Crippen molar-refractivity contribution in [1.29, 1.82) is 0 Å². The Labute approximate surface area is 217 Å². The number of aromatic nitrogens is 1. The summed E-state index contributed by atoms with van der Waals surface area (Å²) in [6.07, 6.45) is 3.36. The first-order valence-corrected chi connectivity index (χ1v) is 14.0.